The van der Waals surface area contributed by atoms with Crippen molar-refractivity contribution in [3.63, 3.8) is 0 Å². The van der Waals surface area contributed by atoms with Crippen LogP contribution in [0.4, 0.5) is 10.1 Å². The highest BCUT2D eigenvalue weighted by Gasteiger charge is 2.02. The lowest BCUT2D eigenvalue weighted by Crippen LogP contribution is -2.02. The summed E-state index contributed by atoms with van der Waals surface area (Å²) in [6.07, 6.45) is 0. The van der Waals surface area contributed by atoms with Crippen molar-refractivity contribution >= 4 is 11.7 Å². The SMILES string of the molecule is O=C(O)c1cccc(CNc2ccc(F)cc2)c1. The van der Waals surface area contributed by atoms with Gasteiger partial charge in [0.2, 0.25) is 0 Å². The van der Waals surface area contributed by atoms with Crippen molar-refractivity contribution in [2.75, 3.05) is 5.32 Å². The van der Waals surface area contributed by atoms with Gasteiger partial charge in [0.15, 0.2) is 0 Å². The predicted octanol–water partition coefficient (Wildman–Crippen LogP) is 3.14. The van der Waals surface area contributed by atoms with E-state index >= 15 is 0 Å². The first kappa shape index (κ1) is 12.1. The van der Waals surface area contributed by atoms with E-state index in [9.17, 15) is 9.18 Å². The standard InChI is InChI=1S/C14H12FNO2/c15-12-4-6-13(7-5-12)16-9-10-2-1-3-11(8-10)14(17)18/h1-8,16H,9H2,(H,17,18). The Labute approximate surface area is 104 Å². The fraction of sp³-hybridized carbons (Fsp3) is 0.0714. The molecular formula is C14H12FNO2. The van der Waals surface area contributed by atoms with Gasteiger partial charge in [0.1, 0.15) is 5.82 Å². The molecule has 0 spiro atoms. The van der Waals surface area contributed by atoms with E-state index in [4.69, 9.17) is 5.11 Å². The Bertz CT molecular complexity index is 552. The van der Waals surface area contributed by atoms with E-state index in [0.717, 1.165) is 11.3 Å². The first-order valence-corrected chi connectivity index (χ1v) is 5.47. The summed E-state index contributed by atoms with van der Waals surface area (Å²) in [6.45, 7) is 0.493. The quantitative estimate of drug-likeness (QED) is 0.870. The summed E-state index contributed by atoms with van der Waals surface area (Å²) in [4.78, 5) is 10.8. The van der Waals surface area contributed by atoms with Crippen LogP contribution < -0.4 is 5.32 Å². The Balaban J connectivity index is 2.04. The number of aromatic carboxylic acids is 1. The number of carboxylic acid groups (broad SMARTS) is 1. The number of carbonyl (C=O) groups is 1. The monoisotopic (exact) mass is 245 g/mol. The molecule has 2 N–H and O–H groups in total. The molecule has 0 aromatic heterocycles. The molecule has 0 aliphatic rings. The Kier molecular flexibility index (Phi) is 3.57. The average Bonchev–Trinajstić information content (AvgIpc) is 2.38. The summed E-state index contributed by atoms with van der Waals surface area (Å²) in [5.41, 5.74) is 1.91. The second kappa shape index (κ2) is 5.31. The maximum absolute atomic E-state index is 12.7. The van der Waals surface area contributed by atoms with E-state index < -0.39 is 5.97 Å². The van der Waals surface area contributed by atoms with Crippen LogP contribution in [-0.2, 0) is 6.54 Å². The van der Waals surface area contributed by atoms with Crippen molar-refractivity contribution in [1.82, 2.24) is 0 Å². The fourth-order valence-electron chi connectivity index (χ4n) is 1.59. The van der Waals surface area contributed by atoms with Gasteiger partial charge >= 0.3 is 5.97 Å². The number of hydrogen-bond acceptors (Lipinski definition) is 2. The molecule has 0 bridgehead atoms. The zero-order valence-electron chi connectivity index (χ0n) is 9.56. The second-order valence-electron chi connectivity index (χ2n) is 3.87. The lowest BCUT2D eigenvalue weighted by Gasteiger charge is -2.07. The molecule has 0 heterocycles. The molecular weight excluding hydrogens is 233 g/mol. The third-order valence-electron chi connectivity index (χ3n) is 2.51. The molecule has 0 radical (unpaired) electrons. The number of halogens is 1. The van der Waals surface area contributed by atoms with Gasteiger partial charge in [-0.05, 0) is 42.0 Å². The van der Waals surface area contributed by atoms with Crippen molar-refractivity contribution in [1.29, 1.82) is 0 Å². The average molecular weight is 245 g/mol. The number of carboxylic acids is 1. The van der Waals surface area contributed by atoms with Gasteiger partial charge in [-0.3, -0.25) is 0 Å². The molecule has 0 aliphatic carbocycles. The minimum atomic E-state index is -0.946. The molecule has 92 valence electrons. The van der Waals surface area contributed by atoms with Gasteiger partial charge in [0.25, 0.3) is 0 Å². The Morgan fingerprint density at radius 1 is 1.17 bits per heavy atom. The summed E-state index contributed by atoms with van der Waals surface area (Å²) < 4.78 is 12.7. The molecule has 2 rings (SSSR count). The van der Waals surface area contributed by atoms with Crippen molar-refractivity contribution in [3.05, 3.63) is 65.5 Å². The molecule has 3 nitrogen and oxygen atoms in total. The van der Waals surface area contributed by atoms with Crippen LogP contribution in [0.25, 0.3) is 0 Å². The summed E-state index contributed by atoms with van der Waals surface area (Å²) in [6, 6.07) is 12.7. The fourth-order valence-corrected chi connectivity index (χ4v) is 1.59. The number of benzene rings is 2. The Morgan fingerprint density at radius 3 is 2.56 bits per heavy atom. The van der Waals surface area contributed by atoms with Crippen LogP contribution in [0.3, 0.4) is 0 Å². The molecule has 0 saturated heterocycles. The van der Waals surface area contributed by atoms with Crippen molar-refractivity contribution in [3.8, 4) is 0 Å². The van der Waals surface area contributed by atoms with Crippen LogP contribution in [0.1, 0.15) is 15.9 Å². The molecule has 2 aromatic rings. The summed E-state index contributed by atoms with van der Waals surface area (Å²) >= 11 is 0. The number of nitrogens with one attached hydrogen (secondary N) is 1. The first-order chi connectivity index (χ1) is 8.65. The highest BCUT2D eigenvalue weighted by atomic mass is 19.1. The molecule has 0 amide bonds. The van der Waals surface area contributed by atoms with E-state index in [1.54, 1.807) is 30.3 Å². The van der Waals surface area contributed by atoms with Gasteiger partial charge in [-0.15, -0.1) is 0 Å². The molecule has 18 heavy (non-hydrogen) atoms. The minimum Gasteiger partial charge on any atom is -0.478 e. The summed E-state index contributed by atoms with van der Waals surface area (Å²) in [5, 5.41) is 12.0. The van der Waals surface area contributed by atoms with Crippen LogP contribution in [0, 0.1) is 5.82 Å². The van der Waals surface area contributed by atoms with E-state index in [0.29, 0.717) is 6.54 Å². The first-order valence-electron chi connectivity index (χ1n) is 5.47. The maximum atomic E-state index is 12.7. The second-order valence-corrected chi connectivity index (χ2v) is 3.87. The molecule has 0 fully saturated rings. The zero-order chi connectivity index (χ0) is 13.0. The third kappa shape index (κ3) is 3.07. The smallest absolute Gasteiger partial charge is 0.335 e. The Hall–Kier alpha value is -2.36. The van der Waals surface area contributed by atoms with Gasteiger partial charge < -0.3 is 10.4 Å². The Morgan fingerprint density at radius 2 is 1.89 bits per heavy atom. The normalized spacial score (nSPS) is 10.1. The van der Waals surface area contributed by atoms with Crippen molar-refractivity contribution < 1.29 is 14.3 Å². The lowest BCUT2D eigenvalue weighted by atomic mass is 10.1. The van der Waals surface area contributed by atoms with Gasteiger partial charge in [0, 0.05) is 12.2 Å². The van der Waals surface area contributed by atoms with E-state index in [1.807, 2.05) is 6.07 Å². The van der Waals surface area contributed by atoms with Crippen LogP contribution in [-0.4, -0.2) is 11.1 Å². The van der Waals surface area contributed by atoms with Gasteiger partial charge in [-0.2, -0.15) is 0 Å². The van der Waals surface area contributed by atoms with E-state index in [-0.39, 0.29) is 11.4 Å². The summed E-state index contributed by atoms with van der Waals surface area (Å²) in [5.74, 6) is -1.23. The van der Waals surface area contributed by atoms with Crippen LogP contribution in [0.5, 0.6) is 0 Å². The maximum Gasteiger partial charge on any atom is 0.335 e. The largest absolute Gasteiger partial charge is 0.478 e. The molecule has 0 saturated carbocycles. The van der Waals surface area contributed by atoms with E-state index in [1.165, 1.54) is 12.1 Å². The molecule has 0 unspecified atom stereocenters. The van der Waals surface area contributed by atoms with E-state index in [2.05, 4.69) is 5.32 Å². The van der Waals surface area contributed by atoms with Crippen molar-refractivity contribution in [2.24, 2.45) is 0 Å². The highest BCUT2D eigenvalue weighted by molar-refractivity contribution is 5.87. The number of anilines is 1. The van der Waals surface area contributed by atoms with Crippen LogP contribution >= 0.6 is 0 Å². The van der Waals surface area contributed by atoms with Gasteiger partial charge in [0.05, 0.1) is 5.56 Å². The highest BCUT2D eigenvalue weighted by Crippen LogP contribution is 2.11. The number of rotatable bonds is 4. The molecule has 0 aliphatic heterocycles. The predicted molar refractivity (Wildman–Crippen MR) is 67.1 cm³/mol. The van der Waals surface area contributed by atoms with Gasteiger partial charge in [-0.25, -0.2) is 9.18 Å². The molecule has 4 heteroatoms. The number of hydrogen-bond donors (Lipinski definition) is 2. The molecule has 2 aromatic carbocycles. The lowest BCUT2D eigenvalue weighted by molar-refractivity contribution is 0.0697. The zero-order valence-corrected chi connectivity index (χ0v) is 9.56. The van der Waals surface area contributed by atoms with Crippen LogP contribution in [0.15, 0.2) is 48.5 Å². The van der Waals surface area contributed by atoms with Crippen molar-refractivity contribution in [2.45, 2.75) is 6.54 Å². The summed E-state index contributed by atoms with van der Waals surface area (Å²) in [7, 11) is 0. The van der Waals surface area contributed by atoms with Gasteiger partial charge in [-0.1, -0.05) is 12.1 Å². The third-order valence-corrected chi connectivity index (χ3v) is 2.51. The van der Waals surface area contributed by atoms with Crippen LogP contribution in [0.2, 0.25) is 0 Å². The topological polar surface area (TPSA) is 49.3 Å². The minimum absolute atomic E-state index is 0.258. The molecule has 0 atom stereocenters.